The van der Waals surface area contributed by atoms with E-state index in [2.05, 4.69) is 13.8 Å². The first-order chi connectivity index (χ1) is 9.50. The average Bonchev–Trinajstić information content (AvgIpc) is 2.74. The lowest BCUT2D eigenvalue weighted by atomic mass is 9.44. The Hall–Kier alpha value is -0.0400. The second-order valence-corrected chi connectivity index (χ2v) is 9.12. The van der Waals surface area contributed by atoms with Crippen LogP contribution in [0.5, 0.6) is 0 Å². The maximum Gasteiger partial charge on any atom is 0.0731 e. The summed E-state index contributed by atoms with van der Waals surface area (Å²) >= 11 is 0. The molecule has 114 valence electrons. The number of aliphatic hydroxyl groups is 1. The predicted molar refractivity (Wildman–Crippen MR) is 82.4 cm³/mol. The van der Waals surface area contributed by atoms with Crippen molar-refractivity contribution in [3.63, 3.8) is 0 Å². The topological polar surface area (TPSA) is 20.2 Å². The summed E-state index contributed by atoms with van der Waals surface area (Å²) < 4.78 is 0. The molecule has 0 aliphatic heterocycles. The molecular formula is C19H32O. The van der Waals surface area contributed by atoms with Crippen molar-refractivity contribution in [3.8, 4) is 0 Å². The van der Waals surface area contributed by atoms with E-state index in [1.54, 1.807) is 0 Å². The van der Waals surface area contributed by atoms with Gasteiger partial charge < -0.3 is 5.11 Å². The SMILES string of the molecule is C[C@]12CCCC[C@@H]1CC[C@@H]1[C@@H]2CC[C@]2(C)CCC[C@@]12O. The fourth-order valence-corrected chi connectivity index (χ4v) is 7.25. The Kier molecular flexibility index (Phi) is 2.89. The minimum absolute atomic E-state index is 0.242. The summed E-state index contributed by atoms with van der Waals surface area (Å²) in [6, 6.07) is 0. The summed E-state index contributed by atoms with van der Waals surface area (Å²) in [4.78, 5) is 0. The molecule has 1 heteroatoms. The maximum absolute atomic E-state index is 11.6. The molecule has 6 atom stereocenters. The van der Waals surface area contributed by atoms with Gasteiger partial charge >= 0.3 is 0 Å². The van der Waals surface area contributed by atoms with Crippen LogP contribution in [0.3, 0.4) is 0 Å². The monoisotopic (exact) mass is 276 g/mol. The van der Waals surface area contributed by atoms with Gasteiger partial charge in [0, 0.05) is 0 Å². The molecule has 0 unspecified atom stereocenters. The molecule has 0 aromatic carbocycles. The molecule has 1 N–H and O–H groups in total. The zero-order chi connectivity index (χ0) is 14.0. The fraction of sp³-hybridized carbons (Fsp3) is 1.00. The maximum atomic E-state index is 11.6. The average molecular weight is 276 g/mol. The first-order valence-electron chi connectivity index (χ1n) is 9.22. The molecule has 0 saturated heterocycles. The fourth-order valence-electron chi connectivity index (χ4n) is 7.25. The molecular weight excluding hydrogens is 244 g/mol. The van der Waals surface area contributed by atoms with Crippen molar-refractivity contribution in [1.82, 2.24) is 0 Å². The van der Waals surface area contributed by atoms with Crippen LogP contribution in [-0.4, -0.2) is 10.7 Å². The van der Waals surface area contributed by atoms with Crippen LogP contribution in [0.1, 0.15) is 84.5 Å². The molecule has 0 heterocycles. The molecule has 0 aromatic rings. The van der Waals surface area contributed by atoms with Gasteiger partial charge in [0.25, 0.3) is 0 Å². The standard InChI is InChI=1S/C19H32O/c1-17-10-5-12-19(17,20)16-8-7-14-6-3-4-11-18(14,2)15(16)9-13-17/h14-16,20H,3-13H2,1-2H3/t14-,15+,16-,17+,18+,19-/m1/s1. The van der Waals surface area contributed by atoms with E-state index >= 15 is 0 Å². The summed E-state index contributed by atoms with van der Waals surface area (Å²) in [6.45, 7) is 4.99. The van der Waals surface area contributed by atoms with Gasteiger partial charge in [0.2, 0.25) is 0 Å². The van der Waals surface area contributed by atoms with Gasteiger partial charge in [0.15, 0.2) is 0 Å². The van der Waals surface area contributed by atoms with E-state index in [4.69, 9.17) is 0 Å². The van der Waals surface area contributed by atoms with Crippen LogP contribution in [0.25, 0.3) is 0 Å². The summed E-state index contributed by atoms with van der Waals surface area (Å²) in [5.74, 6) is 2.40. The van der Waals surface area contributed by atoms with Gasteiger partial charge in [-0.2, -0.15) is 0 Å². The molecule has 20 heavy (non-hydrogen) atoms. The lowest BCUT2D eigenvalue weighted by Crippen LogP contribution is -2.60. The molecule has 4 aliphatic rings. The van der Waals surface area contributed by atoms with Crippen molar-refractivity contribution >= 4 is 0 Å². The molecule has 0 spiro atoms. The van der Waals surface area contributed by atoms with Crippen LogP contribution in [0, 0.1) is 28.6 Å². The minimum Gasteiger partial charge on any atom is -0.389 e. The number of fused-ring (bicyclic) bond motifs is 5. The molecule has 1 nitrogen and oxygen atoms in total. The first-order valence-corrected chi connectivity index (χ1v) is 9.22. The molecule has 0 amide bonds. The van der Waals surface area contributed by atoms with E-state index < -0.39 is 0 Å². The van der Waals surface area contributed by atoms with E-state index in [1.165, 1.54) is 64.2 Å². The number of hydrogen-bond donors (Lipinski definition) is 1. The van der Waals surface area contributed by atoms with Crippen LogP contribution < -0.4 is 0 Å². The Balaban J connectivity index is 1.70. The van der Waals surface area contributed by atoms with Gasteiger partial charge in [-0.1, -0.05) is 26.7 Å². The molecule has 4 fully saturated rings. The normalized spacial score (nSPS) is 58.6. The van der Waals surface area contributed by atoms with Gasteiger partial charge in [0.1, 0.15) is 0 Å². The highest BCUT2D eigenvalue weighted by molar-refractivity contribution is 5.14. The Morgan fingerprint density at radius 3 is 2.45 bits per heavy atom. The Labute approximate surface area is 124 Å². The van der Waals surface area contributed by atoms with Crippen LogP contribution in [0.2, 0.25) is 0 Å². The molecule has 0 aromatic heterocycles. The van der Waals surface area contributed by atoms with Crippen LogP contribution in [0.15, 0.2) is 0 Å². The molecule has 0 bridgehead atoms. The molecule has 0 radical (unpaired) electrons. The van der Waals surface area contributed by atoms with Crippen molar-refractivity contribution in [2.24, 2.45) is 28.6 Å². The van der Waals surface area contributed by atoms with Crippen LogP contribution >= 0.6 is 0 Å². The van der Waals surface area contributed by atoms with Crippen LogP contribution in [-0.2, 0) is 0 Å². The van der Waals surface area contributed by atoms with Gasteiger partial charge in [-0.3, -0.25) is 0 Å². The molecule has 4 saturated carbocycles. The van der Waals surface area contributed by atoms with E-state index in [0.29, 0.717) is 11.3 Å². The Bertz CT molecular complexity index is 405. The summed E-state index contributed by atoms with van der Waals surface area (Å²) in [5.41, 5.74) is 0.480. The Morgan fingerprint density at radius 2 is 1.60 bits per heavy atom. The second kappa shape index (κ2) is 4.24. The lowest BCUT2D eigenvalue weighted by Gasteiger charge is -2.62. The zero-order valence-corrected chi connectivity index (χ0v) is 13.5. The van der Waals surface area contributed by atoms with Crippen molar-refractivity contribution < 1.29 is 5.11 Å². The van der Waals surface area contributed by atoms with E-state index in [9.17, 15) is 5.11 Å². The molecule has 4 aliphatic carbocycles. The summed E-state index contributed by atoms with van der Waals surface area (Å²) in [5, 5.41) is 11.6. The van der Waals surface area contributed by atoms with E-state index in [-0.39, 0.29) is 11.0 Å². The van der Waals surface area contributed by atoms with Gasteiger partial charge in [-0.15, -0.1) is 0 Å². The van der Waals surface area contributed by atoms with Crippen molar-refractivity contribution in [1.29, 1.82) is 0 Å². The smallest absolute Gasteiger partial charge is 0.0731 e. The van der Waals surface area contributed by atoms with Gasteiger partial charge in [-0.25, -0.2) is 0 Å². The first kappa shape index (κ1) is 13.6. The largest absolute Gasteiger partial charge is 0.389 e. The van der Waals surface area contributed by atoms with E-state index in [0.717, 1.165) is 18.3 Å². The second-order valence-electron chi connectivity index (χ2n) is 9.12. The van der Waals surface area contributed by atoms with Gasteiger partial charge in [0.05, 0.1) is 5.60 Å². The quantitative estimate of drug-likeness (QED) is 0.665. The highest BCUT2D eigenvalue weighted by Gasteiger charge is 2.63. The van der Waals surface area contributed by atoms with Crippen molar-refractivity contribution in [2.45, 2.75) is 90.1 Å². The summed E-state index contributed by atoms with van der Waals surface area (Å²) in [6.07, 6.45) is 14.8. The highest BCUT2D eigenvalue weighted by Crippen LogP contribution is 2.67. The van der Waals surface area contributed by atoms with Crippen LogP contribution in [0.4, 0.5) is 0 Å². The minimum atomic E-state index is -0.318. The van der Waals surface area contributed by atoms with Crippen molar-refractivity contribution in [3.05, 3.63) is 0 Å². The number of rotatable bonds is 0. The zero-order valence-electron chi connectivity index (χ0n) is 13.5. The number of hydrogen-bond acceptors (Lipinski definition) is 1. The van der Waals surface area contributed by atoms with E-state index in [1.807, 2.05) is 0 Å². The van der Waals surface area contributed by atoms with Gasteiger partial charge in [-0.05, 0) is 86.4 Å². The third-order valence-electron chi connectivity index (χ3n) is 8.56. The van der Waals surface area contributed by atoms with Crippen molar-refractivity contribution in [2.75, 3.05) is 0 Å². The Morgan fingerprint density at radius 1 is 0.750 bits per heavy atom. The predicted octanol–water partition coefficient (Wildman–Crippen LogP) is 4.92. The summed E-state index contributed by atoms with van der Waals surface area (Å²) in [7, 11) is 0. The third-order valence-corrected chi connectivity index (χ3v) is 8.56. The molecule has 4 rings (SSSR count). The third kappa shape index (κ3) is 1.54. The highest BCUT2D eigenvalue weighted by atomic mass is 16.3. The lowest BCUT2D eigenvalue weighted by molar-refractivity contribution is -0.197.